The topological polar surface area (TPSA) is 35.5 Å². The maximum absolute atomic E-state index is 8.88. The molecule has 0 aromatic heterocycles. The van der Waals surface area contributed by atoms with Gasteiger partial charge < -0.3 is 10.4 Å². The van der Waals surface area contributed by atoms with Gasteiger partial charge in [-0.3, -0.25) is 4.90 Å². The molecule has 0 bridgehead atoms. The number of nitrogens with one attached hydrogen (secondary N) is 1. The molecule has 0 spiro atoms. The van der Waals surface area contributed by atoms with E-state index in [0.29, 0.717) is 6.04 Å². The summed E-state index contributed by atoms with van der Waals surface area (Å²) in [6.07, 6.45) is 6.78. The van der Waals surface area contributed by atoms with Crippen molar-refractivity contribution in [2.45, 2.75) is 51.1 Å². The van der Waals surface area contributed by atoms with Crippen molar-refractivity contribution < 1.29 is 5.11 Å². The molecular weight excluding hydrogens is 200 g/mol. The van der Waals surface area contributed by atoms with Gasteiger partial charge in [-0.2, -0.15) is 0 Å². The van der Waals surface area contributed by atoms with Gasteiger partial charge in [-0.1, -0.05) is 13.3 Å². The molecular formula is C13H26N2O. The lowest BCUT2D eigenvalue weighted by atomic mass is 9.90. The number of likely N-dealkylation sites (tertiary alicyclic amines) is 1. The van der Waals surface area contributed by atoms with E-state index in [1.165, 1.54) is 45.2 Å². The highest BCUT2D eigenvalue weighted by Gasteiger charge is 2.35. The third-order valence-electron chi connectivity index (χ3n) is 3.87. The number of piperidine rings is 1. The van der Waals surface area contributed by atoms with Crippen LogP contribution in [0.3, 0.4) is 0 Å². The molecule has 1 aliphatic heterocycles. The second-order valence-electron chi connectivity index (χ2n) is 5.45. The Morgan fingerprint density at radius 3 is 2.75 bits per heavy atom. The minimum atomic E-state index is 0.262. The lowest BCUT2D eigenvalue weighted by Crippen LogP contribution is -2.50. The maximum atomic E-state index is 8.88. The summed E-state index contributed by atoms with van der Waals surface area (Å²) < 4.78 is 0. The summed E-state index contributed by atoms with van der Waals surface area (Å²) in [6, 6.07) is 1.50. The van der Waals surface area contributed by atoms with Gasteiger partial charge in [0.2, 0.25) is 0 Å². The van der Waals surface area contributed by atoms with Crippen LogP contribution in [0.1, 0.15) is 39.0 Å². The Morgan fingerprint density at radius 2 is 2.12 bits per heavy atom. The Bertz CT molecular complexity index is 206. The molecule has 3 nitrogen and oxygen atoms in total. The van der Waals surface area contributed by atoms with E-state index < -0.39 is 0 Å². The molecule has 0 aromatic carbocycles. The predicted octanol–water partition coefficient (Wildman–Crippen LogP) is 1.22. The van der Waals surface area contributed by atoms with Crippen LogP contribution in [0.15, 0.2) is 0 Å². The van der Waals surface area contributed by atoms with Crippen molar-refractivity contribution in [1.29, 1.82) is 0 Å². The average molecular weight is 226 g/mol. The van der Waals surface area contributed by atoms with Crippen molar-refractivity contribution in [2.75, 3.05) is 26.2 Å². The van der Waals surface area contributed by atoms with Crippen molar-refractivity contribution in [1.82, 2.24) is 10.2 Å². The smallest absolute Gasteiger partial charge is 0.0556 e. The Labute approximate surface area is 99.2 Å². The minimum absolute atomic E-state index is 0.262. The van der Waals surface area contributed by atoms with Crippen molar-refractivity contribution >= 4 is 0 Å². The van der Waals surface area contributed by atoms with Crippen LogP contribution in [0.2, 0.25) is 0 Å². The summed E-state index contributed by atoms with van der Waals surface area (Å²) in [5.74, 6) is 0.871. The maximum Gasteiger partial charge on any atom is 0.0556 e. The third-order valence-corrected chi connectivity index (χ3v) is 3.87. The van der Waals surface area contributed by atoms with Gasteiger partial charge in [0, 0.05) is 31.7 Å². The molecule has 94 valence electrons. The quantitative estimate of drug-likeness (QED) is 0.715. The Kier molecular flexibility index (Phi) is 4.62. The third kappa shape index (κ3) is 3.44. The van der Waals surface area contributed by atoms with E-state index in [9.17, 15) is 0 Å². The van der Waals surface area contributed by atoms with Crippen molar-refractivity contribution in [3.05, 3.63) is 0 Å². The first-order chi connectivity index (χ1) is 7.83. The number of hydrogen-bond donors (Lipinski definition) is 2. The van der Waals surface area contributed by atoms with Crippen molar-refractivity contribution in [2.24, 2.45) is 5.92 Å². The number of hydrogen-bond acceptors (Lipinski definition) is 3. The van der Waals surface area contributed by atoms with Gasteiger partial charge in [0.1, 0.15) is 0 Å². The molecule has 16 heavy (non-hydrogen) atoms. The summed E-state index contributed by atoms with van der Waals surface area (Å²) in [5.41, 5.74) is 0. The van der Waals surface area contributed by atoms with Crippen LogP contribution in [0, 0.1) is 5.92 Å². The van der Waals surface area contributed by atoms with E-state index in [1.807, 2.05) is 0 Å². The fourth-order valence-electron chi connectivity index (χ4n) is 3.01. The first-order valence-corrected chi connectivity index (χ1v) is 6.91. The summed E-state index contributed by atoms with van der Waals surface area (Å²) in [4.78, 5) is 2.68. The fraction of sp³-hybridized carbons (Fsp3) is 1.00. The van der Waals surface area contributed by atoms with Gasteiger partial charge in [0.05, 0.1) is 6.61 Å². The molecule has 1 saturated heterocycles. The van der Waals surface area contributed by atoms with Crippen LogP contribution in [0.4, 0.5) is 0 Å². The summed E-state index contributed by atoms with van der Waals surface area (Å²) >= 11 is 0. The van der Waals surface area contributed by atoms with E-state index in [2.05, 4.69) is 17.1 Å². The highest BCUT2D eigenvalue weighted by molar-refractivity contribution is 4.92. The molecule has 0 aromatic rings. The molecule has 2 fully saturated rings. The molecule has 2 atom stereocenters. The number of rotatable bonds is 6. The molecule has 2 N–H and O–H groups in total. The summed E-state index contributed by atoms with van der Waals surface area (Å²) in [5, 5.41) is 12.4. The average Bonchev–Trinajstić information content (AvgIpc) is 3.10. The summed E-state index contributed by atoms with van der Waals surface area (Å²) in [6.45, 7) is 5.81. The van der Waals surface area contributed by atoms with E-state index in [1.54, 1.807) is 0 Å². The van der Waals surface area contributed by atoms with E-state index in [4.69, 9.17) is 5.11 Å². The first-order valence-electron chi connectivity index (χ1n) is 6.91. The highest BCUT2D eigenvalue weighted by Crippen LogP contribution is 2.32. The van der Waals surface area contributed by atoms with Crippen LogP contribution >= 0.6 is 0 Å². The molecule has 2 rings (SSSR count). The molecule has 1 heterocycles. The standard InChI is InChI=1S/C13H26N2O/c1-2-3-11-8-12(14-6-7-16)10-15(9-11)13-4-5-13/h11-14,16H,2-10H2,1H3. The van der Waals surface area contributed by atoms with Crippen LogP contribution in [-0.4, -0.2) is 48.3 Å². The van der Waals surface area contributed by atoms with Crippen molar-refractivity contribution in [3.63, 3.8) is 0 Å². The van der Waals surface area contributed by atoms with Gasteiger partial charge in [-0.25, -0.2) is 0 Å². The Morgan fingerprint density at radius 1 is 1.31 bits per heavy atom. The van der Waals surface area contributed by atoms with Crippen LogP contribution in [0.5, 0.6) is 0 Å². The molecule has 3 heteroatoms. The SMILES string of the molecule is CCCC1CC(NCCO)CN(C2CC2)C1. The zero-order valence-electron chi connectivity index (χ0n) is 10.5. The Hall–Kier alpha value is -0.120. The number of aliphatic hydroxyl groups excluding tert-OH is 1. The van der Waals surface area contributed by atoms with Crippen molar-refractivity contribution in [3.8, 4) is 0 Å². The lowest BCUT2D eigenvalue weighted by molar-refractivity contribution is 0.125. The van der Waals surface area contributed by atoms with Gasteiger partial charge in [0.25, 0.3) is 0 Å². The zero-order chi connectivity index (χ0) is 11.4. The molecule has 0 amide bonds. The number of nitrogens with zero attached hydrogens (tertiary/aromatic N) is 1. The monoisotopic (exact) mass is 226 g/mol. The van der Waals surface area contributed by atoms with Crippen LogP contribution < -0.4 is 5.32 Å². The molecule has 0 radical (unpaired) electrons. The van der Waals surface area contributed by atoms with E-state index in [0.717, 1.165) is 18.5 Å². The predicted molar refractivity (Wildman–Crippen MR) is 66.5 cm³/mol. The fourth-order valence-corrected chi connectivity index (χ4v) is 3.01. The van der Waals surface area contributed by atoms with Crippen LogP contribution in [-0.2, 0) is 0 Å². The minimum Gasteiger partial charge on any atom is -0.395 e. The number of aliphatic hydroxyl groups is 1. The largest absolute Gasteiger partial charge is 0.395 e. The zero-order valence-corrected chi connectivity index (χ0v) is 10.5. The van der Waals surface area contributed by atoms with E-state index >= 15 is 0 Å². The van der Waals surface area contributed by atoms with Gasteiger partial charge in [0.15, 0.2) is 0 Å². The van der Waals surface area contributed by atoms with Gasteiger partial charge >= 0.3 is 0 Å². The van der Waals surface area contributed by atoms with Gasteiger partial charge in [-0.15, -0.1) is 0 Å². The molecule has 2 aliphatic rings. The Balaban J connectivity index is 1.82. The first kappa shape index (κ1) is 12.3. The molecule has 2 unspecified atom stereocenters. The second-order valence-corrected chi connectivity index (χ2v) is 5.45. The van der Waals surface area contributed by atoms with Gasteiger partial charge in [-0.05, 0) is 31.6 Å². The molecule has 1 aliphatic carbocycles. The van der Waals surface area contributed by atoms with Crippen LogP contribution in [0.25, 0.3) is 0 Å². The second kappa shape index (κ2) is 5.99. The molecule has 1 saturated carbocycles. The summed E-state index contributed by atoms with van der Waals surface area (Å²) in [7, 11) is 0. The lowest BCUT2D eigenvalue weighted by Gasteiger charge is -2.38. The normalized spacial score (nSPS) is 31.9. The highest BCUT2D eigenvalue weighted by atomic mass is 16.3. The van der Waals surface area contributed by atoms with E-state index in [-0.39, 0.29) is 6.61 Å².